The summed E-state index contributed by atoms with van der Waals surface area (Å²) in [7, 11) is 0. The second-order valence-corrected chi connectivity index (χ2v) is 1.70. The monoisotopic (exact) mass is 111 g/mol. The van der Waals surface area contributed by atoms with Gasteiger partial charge in [0.1, 0.15) is 5.76 Å². The second kappa shape index (κ2) is 2.52. The second-order valence-electron chi connectivity index (χ2n) is 1.70. The van der Waals surface area contributed by atoms with E-state index in [1.165, 1.54) is 0 Å². The molecule has 0 atom stereocenters. The zero-order valence-corrected chi connectivity index (χ0v) is 4.63. The lowest BCUT2D eigenvalue weighted by Crippen LogP contribution is -1.98. The third-order valence-corrected chi connectivity index (χ3v) is 1.10. The van der Waals surface area contributed by atoms with Crippen LogP contribution in [-0.4, -0.2) is 0 Å². The number of nitrogens with two attached hydrogens (primary N) is 1. The Morgan fingerprint density at radius 1 is 1.50 bits per heavy atom. The van der Waals surface area contributed by atoms with Gasteiger partial charge in [-0.2, -0.15) is 5.90 Å². The Labute approximate surface area is 48.6 Å². The zero-order valence-electron chi connectivity index (χ0n) is 4.63. The van der Waals surface area contributed by atoms with Gasteiger partial charge in [-0.3, -0.25) is 0 Å². The fourth-order valence-corrected chi connectivity index (χ4v) is 0.677. The molecular weight excluding hydrogens is 102 g/mol. The van der Waals surface area contributed by atoms with E-state index in [0.29, 0.717) is 0 Å². The molecule has 2 N–H and O–H groups in total. The van der Waals surface area contributed by atoms with Crippen LogP contribution in [0.4, 0.5) is 0 Å². The van der Waals surface area contributed by atoms with Gasteiger partial charge in [0.25, 0.3) is 0 Å². The third kappa shape index (κ3) is 1.10. The van der Waals surface area contributed by atoms with E-state index in [0.717, 1.165) is 18.6 Å². The van der Waals surface area contributed by atoms with Gasteiger partial charge in [-0.1, -0.05) is 6.08 Å². The molecule has 0 unspecified atom stereocenters. The molecule has 0 heterocycles. The lowest BCUT2D eigenvalue weighted by Gasteiger charge is -2.01. The minimum atomic E-state index is 0.774. The van der Waals surface area contributed by atoms with E-state index >= 15 is 0 Å². The van der Waals surface area contributed by atoms with Gasteiger partial charge in [0.15, 0.2) is 0 Å². The Bertz CT molecular complexity index is 126. The minimum Gasteiger partial charge on any atom is -0.412 e. The fraction of sp³-hybridized carbons (Fsp3) is 0.333. The molecule has 0 saturated carbocycles. The molecule has 0 radical (unpaired) electrons. The highest BCUT2D eigenvalue weighted by atomic mass is 16.6. The maximum Gasteiger partial charge on any atom is 0.142 e. The number of rotatable bonds is 1. The number of hydrogen-bond acceptors (Lipinski definition) is 2. The van der Waals surface area contributed by atoms with Gasteiger partial charge in [-0.25, -0.2) is 0 Å². The van der Waals surface area contributed by atoms with Crippen LogP contribution >= 0.6 is 0 Å². The van der Waals surface area contributed by atoms with E-state index in [9.17, 15) is 0 Å². The van der Waals surface area contributed by atoms with Crippen LogP contribution in [0.3, 0.4) is 0 Å². The summed E-state index contributed by atoms with van der Waals surface area (Å²) in [6.45, 7) is 0. The van der Waals surface area contributed by atoms with E-state index in [-0.39, 0.29) is 0 Å². The Balaban J connectivity index is 2.51. The Hall–Kier alpha value is -0.760. The molecule has 0 aromatic heterocycles. The number of hydrogen-bond donors (Lipinski definition) is 1. The molecule has 0 fully saturated rings. The predicted molar refractivity (Wildman–Crippen MR) is 31.7 cm³/mol. The lowest BCUT2D eigenvalue weighted by atomic mass is 10.2. The molecule has 0 aliphatic heterocycles. The summed E-state index contributed by atoms with van der Waals surface area (Å²) in [5.41, 5.74) is 0. The van der Waals surface area contributed by atoms with Gasteiger partial charge < -0.3 is 4.84 Å². The highest BCUT2D eigenvalue weighted by molar-refractivity contribution is 5.15. The van der Waals surface area contributed by atoms with E-state index in [4.69, 9.17) is 5.90 Å². The van der Waals surface area contributed by atoms with Crippen LogP contribution in [0.25, 0.3) is 0 Å². The first-order valence-electron chi connectivity index (χ1n) is 2.67. The van der Waals surface area contributed by atoms with Gasteiger partial charge in [0.2, 0.25) is 0 Å². The van der Waals surface area contributed by atoms with Crippen LogP contribution in [0.15, 0.2) is 24.0 Å². The average Bonchev–Trinajstić information content (AvgIpc) is 1.90. The van der Waals surface area contributed by atoms with Gasteiger partial charge in [-0.15, -0.1) is 0 Å². The SMILES string of the molecule is NOC1=CCCC=C1. The van der Waals surface area contributed by atoms with Gasteiger partial charge >= 0.3 is 0 Å². The Morgan fingerprint density at radius 2 is 2.38 bits per heavy atom. The van der Waals surface area contributed by atoms with E-state index in [1.54, 1.807) is 0 Å². The largest absolute Gasteiger partial charge is 0.412 e. The highest BCUT2D eigenvalue weighted by Crippen LogP contribution is 2.07. The van der Waals surface area contributed by atoms with Crippen LogP contribution in [0.5, 0.6) is 0 Å². The molecule has 2 heteroatoms. The Kier molecular flexibility index (Phi) is 1.70. The predicted octanol–water partition coefficient (Wildman–Crippen LogP) is 1.11. The van der Waals surface area contributed by atoms with Crippen LogP contribution < -0.4 is 5.90 Å². The summed E-state index contributed by atoms with van der Waals surface area (Å²) in [6.07, 6.45) is 8.04. The molecule has 1 aliphatic rings. The third-order valence-electron chi connectivity index (χ3n) is 1.10. The molecule has 0 aromatic rings. The van der Waals surface area contributed by atoms with Crippen LogP contribution in [0.1, 0.15) is 12.8 Å². The quantitative estimate of drug-likeness (QED) is 0.514. The summed E-state index contributed by atoms with van der Waals surface area (Å²) in [5, 5.41) is 0. The smallest absolute Gasteiger partial charge is 0.142 e. The molecule has 0 amide bonds. The minimum absolute atomic E-state index is 0.774. The van der Waals surface area contributed by atoms with Crippen molar-refractivity contribution in [2.24, 2.45) is 5.90 Å². The molecule has 8 heavy (non-hydrogen) atoms. The first-order chi connectivity index (χ1) is 3.93. The highest BCUT2D eigenvalue weighted by Gasteiger charge is 1.93. The van der Waals surface area contributed by atoms with Gasteiger partial charge in [-0.05, 0) is 25.0 Å². The molecule has 0 aromatic carbocycles. The molecule has 0 spiro atoms. The summed E-state index contributed by atoms with van der Waals surface area (Å²) in [6, 6.07) is 0. The Morgan fingerprint density at radius 3 is 2.75 bits per heavy atom. The lowest BCUT2D eigenvalue weighted by molar-refractivity contribution is 0.231. The molecular formula is C6H9NO. The standard InChI is InChI=1S/C6H9NO/c7-8-6-4-2-1-3-5-6/h2,4-5H,1,3,7H2. The van der Waals surface area contributed by atoms with Crippen molar-refractivity contribution in [3.63, 3.8) is 0 Å². The van der Waals surface area contributed by atoms with Crippen LogP contribution in [-0.2, 0) is 4.84 Å². The van der Waals surface area contributed by atoms with Crippen LogP contribution in [0.2, 0.25) is 0 Å². The molecule has 0 saturated heterocycles. The van der Waals surface area contributed by atoms with E-state index < -0.39 is 0 Å². The first kappa shape index (κ1) is 5.38. The van der Waals surface area contributed by atoms with Crippen molar-refractivity contribution in [1.82, 2.24) is 0 Å². The van der Waals surface area contributed by atoms with Crippen LogP contribution in [0, 0.1) is 0 Å². The average molecular weight is 111 g/mol. The van der Waals surface area contributed by atoms with E-state index in [1.807, 2.05) is 18.2 Å². The van der Waals surface area contributed by atoms with E-state index in [2.05, 4.69) is 4.84 Å². The first-order valence-corrected chi connectivity index (χ1v) is 2.67. The summed E-state index contributed by atoms with van der Waals surface area (Å²) < 4.78 is 0. The zero-order chi connectivity index (χ0) is 5.82. The molecule has 0 bridgehead atoms. The van der Waals surface area contributed by atoms with Crippen molar-refractivity contribution in [3.05, 3.63) is 24.0 Å². The summed E-state index contributed by atoms with van der Waals surface area (Å²) >= 11 is 0. The molecule has 2 nitrogen and oxygen atoms in total. The van der Waals surface area contributed by atoms with Crippen molar-refractivity contribution in [2.45, 2.75) is 12.8 Å². The number of allylic oxidation sites excluding steroid dienone is 3. The summed E-state index contributed by atoms with van der Waals surface area (Å²) in [5.74, 6) is 5.66. The molecule has 1 rings (SSSR count). The molecule has 44 valence electrons. The van der Waals surface area contributed by atoms with Crippen molar-refractivity contribution in [2.75, 3.05) is 0 Å². The summed E-state index contributed by atoms with van der Waals surface area (Å²) in [4.78, 5) is 4.47. The van der Waals surface area contributed by atoms with Gasteiger partial charge in [0.05, 0.1) is 0 Å². The van der Waals surface area contributed by atoms with Crippen molar-refractivity contribution in [1.29, 1.82) is 0 Å². The topological polar surface area (TPSA) is 35.2 Å². The van der Waals surface area contributed by atoms with Crippen molar-refractivity contribution >= 4 is 0 Å². The maximum atomic E-state index is 4.88. The van der Waals surface area contributed by atoms with Crippen molar-refractivity contribution in [3.8, 4) is 0 Å². The fourth-order valence-electron chi connectivity index (χ4n) is 0.677. The van der Waals surface area contributed by atoms with Gasteiger partial charge in [0, 0.05) is 0 Å². The molecule has 1 aliphatic carbocycles. The maximum absolute atomic E-state index is 4.88. The normalized spacial score (nSPS) is 17.9. The van der Waals surface area contributed by atoms with Crippen molar-refractivity contribution < 1.29 is 4.84 Å².